The van der Waals surface area contributed by atoms with E-state index in [0.717, 1.165) is 11.3 Å². The van der Waals surface area contributed by atoms with Gasteiger partial charge in [-0.15, -0.1) is 0 Å². The Labute approximate surface area is 170 Å². The Morgan fingerprint density at radius 3 is 2.45 bits per heavy atom. The van der Waals surface area contributed by atoms with Gasteiger partial charge in [0.2, 0.25) is 11.8 Å². The third-order valence-corrected chi connectivity index (χ3v) is 6.82. The quantitative estimate of drug-likeness (QED) is 0.722. The van der Waals surface area contributed by atoms with Crippen molar-refractivity contribution >= 4 is 33.0 Å². The minimum absolute atomic E-state index is 0.0634. The largest absolute Gasteiger partial charge is 0.497 e. The van der Waals surface area contributed by atoms with Crippen LogP contribution in [0.2, 0.25) is 0 Å². The molecule has 0 spiro atoms. The summed E-state index contributed by atoms with van der Waals surface area (Å²) in [5.74, 6) is 0.0490. The molecule has 0 fully saturated rings. The zero-order chi connectivity index (χ0) is 21.2. The van der Waals surface area contributed by atoms with E-state index in [-0.39, 0.29) is 28.9 Å². The first-order valence-corrected chi connectivity index (χ1v) is 10.9. The minimum atomic E-state index is -3.61. The Balaban J connectivity index is 1.68. The SMILES string of the molecule is COc1ccc(N(C)C(=O)CCS(=O)(=O)c2ccc3c(c2)CCN3C(C)=O)cc1. The van der Waals surface area contributed by atoms with Gasteiger partial charge < -0.3 is 14.5 Å². The van der Waals surface area contributed by atoms with Gasteiger partial charge in [0.25, 0.3) is 0 Å². The van der Waals surface area contributed by atoms with Gasteiger partial charge in [-0.2, -0.15) is 0 Å². The third kappa shape index (κ3) is 4.42. The van der Waals surface area contributed by atoms with Crippen molar-refractivity contribution in [1.82, 2.24) is 0 Å². The summed E-state index contributed by atoms with van der Waals surface area (Å²) >= 11 is 0. The molecule has 2 aromatic rings. The molecule has 1 aliphatic rings. The van der Waals surface area contributed by atoms with Gasteiger partial charge in [-0.3, -0.25) is 9.59 Å². The number of ether oxygens (including phenoxy) is 1. The number of sulfone groups is 1. The standard InChI is InChI=1S/C21H24N2O5S/c1-15(24)23-12-10-16-14-19(8-9-20(16)23)29(26,27)13-11-21(25)22(2)17-4-6-18(28-3)7-5-17/h4-9,14H,10-13H2,1-3H3. The Hall–Kier alpha value is -2.87. The molecule has 0 saturated heterocycles. The zero-order valence-corrected chi connectivity index (χ0v) is 17.5. The molecular weight excluding hydrogens is 392 g/mol. The van der Waals surface area contributed by atoms with Gasteiger partial charge in [0, 0.05) is 38.3 Å². The molecule has 2 aromatic carbocycles. The van der Waals surface area contributed by atoms with Gasteiger partial charge in [-0.25, -0.2) is 8.42 Å². The summed E-state index contributed by atoms with van der Waals surface area (Å²) in [6.07, 6.45) is 0.499. The molecular formula is C21H24N2O5S. The third-order valence-electron chi connectivity index (χ3n) is 5.10. The first-order chi connectivity index (χ1) is 13.7. The van der Waals surface area contributed by atoms with Crippen molar-refractivity contribution in [2.24, 2.45) is 0 Å². The van der Waals surface area contributed by atoms with Gasteiger partial charge in [-0.1, -0.05) is 0 Å². The van der Waals surface area contributed by atoms with Crippen molar-refractivity contribution in [3.63, 3.8) is 0 Å². The van der Waals surface area contributed by atoms with E-state index < -0.39 is 9.84 Å². The molecule has 0 saturated carbocycles. The van der Waals surface area contributed by atoms with E-state index in [1.807, 2.05) is 0 Å². The second kappa shape index (κ2) is 8.24. The summed E-state index contributed by atoms with van der Waals surface area (Å²) < 4.78 is 30.6. The van der Waals surface area contributed by atoms with Crippen molar-refractivity contribution in [3.05, 3.63) is 48.0 Å². The second-order valence-corrected chi connectivity index (χ2v) is 9.04. The molecule has 0 radical (unpaired) electrons. The van der Waals surface area contributed by atoms with E-state index in [2.05, 4.69) is 0 Å². The molecule has 0 atom stereocenters. The second-order valence-electron chi connectivity index (χ2n) is 6.93. The Morgan fingerprint density at radius 1 is 1.14 bits per heavy atom. The van der Waals surface area contributed by atoms with Crippen LogP contribution in [0.5, 0.6) is 5.75 Å². The Morgan fingerprint density at radius 2 is 1.83 bits per heavy atom. The molecule has 29 heavy (non-hydrogen) atoms. The van der Waals surface area contributed by atoms with Crippen LogP contribution in [0.3, 0.4) is 0 Å². The fourth-order valence-electron chi connectivity index (χ4n) is 3.36. The Bertz CT molecular complexity index is 1030. The van der Waals surface area contributed by atoms with E-state index in [0.29, 0.717) is 24.4 Å². The van der Waals surface area contributed by atoms with Crippen molar-refractivity contribution < 1.29 is 22.7 Å². The summed E-state index contributed by atoms with van der Waals surface area (Å²) in [5, 5.41) is 0. The molecule has 7 nitrogen and oxygen atoms in total. The van der Waals surface area contributed by atoms with Gasteiger partial charge >= 0.3 is 0 Å². The highest BCUT2D eigenvalue weighted by molar-refractivity contribution is 7.91. The molecule has 0 N–H and O–H groups in total. The number of amides is 2. The molecule has 1 heterocycles. The number of hydrogen-bond donors (Lipinski definition) is 0. The normalized spacial score (nSPS) is 13.1. The molecule has 0 aliphatic carbocycles. The number of rotatable bonds is 6. The van der Waals surface area contributed by atoms with E-state index in [1.54, 1.807) is 55.5 Å². The first-order valence-electron chi connectivity index (χ1n) is 9.27. The summed E-state index contributed by atoms with van der Waals surface area (Å²) in [6, 6.07) is 11.8. The number of fused-ring (bicyclic) bond motifs is 1. The van der Waals surface area contributed by atoms with Crippen LogP contribution in [0.1, 0.15) is 18.9 Å². The fraction of sp³-hybridized carbons (Fsp3) is 0.333. The highest BCUT2D eigenvalue weighted by atomic mass is 32.2. The van der Waals surface area contributed by atoms with Crippen LogP contribution in [0.15, 0.2) is 47.4 Å². The predicted molar refractivity (Wildman–Crippen MR) is 111 cm³/mol. The van der Waals surface area contributed by atoms with Crippen LogP contribution in [0.25, 0.3) is 0 Å². The minimum Gasteiger partial charge on any atom is -0.497 e. The number of anilines is 2. The molecule has 3 rings (SSSR count). The number of hydrogen-bond acceptors (Lipinski definition) is 5. The lowest BCUT2D eigenvalue weighted by Crippen LogP contribution is -2.28. The highest BCUT2D eigenvalue weighted by Crippen LogP contribution is 2.30. The van der Waals surface area contributed by atoms with E-state index in [4.69, 9.17) is 4.74 Å². The molecule has 0 bridgehead atoms. The van der Waals surface area contributed by atoms with Gasteiger partial charge in [0.05, 0.1) is 17.8 Å². The number of benzene rings is 2. The molecule has 2 amide bonds. The molecule has 1 aliphatic heterocycles. The molecule has 0 aromatic heterocycles. The lowest BCUT2D eigenvalue weighted by molar-refractivity contribution is -0.118. The maximum Gasteiger partial charge on any atom is 0.227 e. The van der Waals surface area contributed by atoms with Gasteiger partial charge in [-0.05, 0) is 54.4 Å². The fourth-order valence-corrected chi connectivity index (χ4v) is 4.63. The van der Waals surface area contributed by atoms with Crippen LogP contribution in [-0.2, 0) is 25.8 Å². The maximum absolute atomic E-state index is 12.7. The monoisotopic (exact) mass is 416 g/mol. The van der Waals surface area contributed by atoms with Gasteiger partial charge in [0.15, 0.2) is 9.84 Å². The van der Waals surface area contributed by atoms with Crippen LogP contribution < -0.4 is 14.5 Å². The van der Waals surface area contributed by atoms with Crippen LogP contribution in [0, 0.1) is 0 Å². The average Bonchev–Trinajstić information content (AvgIpc) is 3.15. The number of nitrogens with zero attached hydrogens (tertiary/aromatic N) is 2. The number of carbonyl (C=O) groups is 2. The molecule has 154 valence electrons. The highest BCUT2D eigenvalue weighted by Gasteiger charge is 2.25. The Kier molecular flexibility index (Phi) is 5.93. The van der Waals surface area contributed by atoms with Crippen molar-refractivity contribution in [2.75, 3.05) is 36.3 Å². The van der Waals surface area contributed by atoms with Crippen LogP contribution >= 0.6 is 0 Å². The number of carbonyl (C=O) groups excluding carboxylic acids is 2. The van der Waals surface area contributed by atoms with Crippen LogP contribution in [0.4, 0.5) is 11.4 Å². The summed E-state index contributed by atoms with van der Waals surface area (Å²) in [4.78, 5) is 27.4. The molecule has 8 heteroatoms. The van der Waals surface area contributed by atoms with Crippen molar-refractivity contribution in [2.45, 2.75) is 24.7 Å². The maximum atomic E-state index is 12.7. The predicted octanol–water partition coefficient (Wildman–Crippen LogP) is 2.43. The van der Waals surface area contributed by atoms with Gasteiger partial charge in [0.1, 0.15) is 5.75 Å². The smallest absolute Gasteiger partial charge is 0.227 e. The van der Waals surface area contributed by atoms with E-state index in [1.165, 1.54) is 17.9 Å². The molecule has 0 unspecified atom stereocenters. The van der Waals surface area contributed by atoms with Crippen molar-refractivity contribution in [3.8, 4) is 5.75 Å². The lowest BCUT2D eigenvalue weighted by atomic mass is 10.2. The van der Waals surface area contributed by atoms with E-state index >= 15 is 0 Å². The lowest BCUT2D eigenvalue weighted by Gasteiger charge is -2.18. The van der Waals surface area contributed by atoms with E-state index in [9.17, 15) is 18.0 Å². The van der Waals surface area contributed by atoms with Crippen molar-refractivity contribution in [1.29, 1.82) is 0 Å². The zero-order valence-electron chi connectivity index (χ0n) is 16.7. The summed E-state index contributed by atoms with van der Waals surface area (Å²) in [5.41, 5.74) is 2.25. The first kappa shape index (κ1) is 20.9. The average molecular weight is 416 g/mol. The summed E-state index contributed by atoms with van der Waals surface area (Å²) in [6.45, 7) is 2.05. The number of methoxy groups -OCH3 is 1. The topological polar surface area (TPSA) is 84.0 Å². The van der Waals surface area contributed by atoms with Crippen LogP contribution in [-0.4, -0.2) is 46.7 Å². The summed E-state index contributed by atoms with van der Waals surface area (Å²) in [7, 11) is -0.438.